The number of amides is 1. The molecular weight excluding hydrogens is 397 g/mol. The molecule has 2 aromatic carbocycles. The summed E-state index contributed by atoms with van der Waals surface area (Å²) < 4.78 is 42.1. The number of hydrogen-bond donors (Lipinski definition) is 1. The molecule has 9 heteroatoms. The number of ether oxygens (including phenoxy) is 1. The van der Waals surface area contributed by atoms with Crippen LogP contribution in [0.2, 0.25) is 5.02 Å². The Morgan fingerprint density at radius 1 is 1.15 bits per heavy atom. The molecular formula is C18H17ClFNO5S. The van der Waals surface area contributed by atoms with Gasteiger partial charge < -0.3 is 10.1 Å². The lowest BCUT2D eigenvalue weighted by atomic mass is 10.2. The number of sulfone groups is 1. The second kappa shape index (κ2) is 8.96. The molecule has 2 rings (SSSR count). The summed E-state index contributed by atoms with van der Waals surface area (Å²) >= 11 is 5.60. The predicted molar refractivity (Wildman–Crippen MR) is 98.8 cm³/mol. The molecule has 0 saturated heterocycles. The summed E-state index contributed by atoms with van der Waals surface area (Å²) in [7, 11) is -3.62. The van der Waals surface area contributed by atoms with Gasteiger partial charge in [0.25, 0.3) is 5.91 Å². The van der Waals surface area contributed by atoms with Gasteiger partial charge in [-0.05, 0) is 37.3 Å². The Labute approximate surface area is 161 Å². The van der Waals surface area contributed by atoms with Crippen molar-refractivity contribution in [3.05, 3.63) is 58.9 Å². The smallest absolute Gasteiger partial charge is 0.307 e. The lowest BCUT2D eigenvalue weighted by Gasteiger charge is -2.08. The van der Waals surface area contributed by atoms with Gasteiger partial charge in [0, 0.05) is 5.69 Å². The lowest BCUT2D eigenvalue weighted by molar-refractivity contribution is -0.146. The van der Waals surface area contributed by atoms with Crippen LogP contribution >= 0.6 is 11.6 Å². The van der Waals surface area contributed by atoms with Crippen molar-refractivity contribution < 1.29 is 27.1 Å². The standard InChI is InChI=1S/C18H17ClFNO5S/c1-12-2-5-14(6-3-12)27(24,25)9-8-18(23)26-11-17(22)21-13-4-7-16(20)15(19)10-13/h2-7,10H,8-9,11H2,1H3,(H,21,22). The van der Waals surface area contributed by atoms with Gasteiger partial charge in [0.15, 0.2) is 16.4 Å². The van der Waals surface area contributed by atoms with E-state index in [2.05, 4.69) is 5.32 Å². The van der Waals surface area contributed by atoms with Crippen molar-refractivity contribution in [3.63, 3.8) is 0 Å². The SMILES string of the molecule is Cc1ccc(S(=O)(=O)CCC(=O)OCC(=O)Nc2ccc(F)c(Cl)c2)cc1. The maximum absolute atomic E-state index is 13.1. The van der Waals surface area contributed by atoms with Crippen LogP contribution in [0.4, 0.5) is 10.1 Å². The fourth-order valence-electron chi connectivity index (χ4n) is 2.07. The number of halogens is 2. The molecule has 0 aliphatic rings. The van der Waals surface area contributed by atoms with Gasteiger partial charge in [-0.1, -0.05) is 29.3 Å². The Bertz CT molecular complexity index is 945. The van der Waals surface area contributed by atoms with E-state index in [1.165, 1.54) is 24.3 Å². The number of benzene rings is 2. The minimum atomic E-state index is -3.62. The normalized spacial score (nSPS) is 11.1. The molecule has 2 aromatic rings. The molecule has 144 valence electrons. The van der Waals surface area contributed by atoms with Crippen LogP contribution in [-0.2, 0) is 24.2 Å². The fourth-order valence-corrected chi connectivity index (χ4v) is 3.47. The van der Waals surface area contributed by atoms with Crippen molar-refractivity contribution in [2.24, 2.45) is 0 Å². The second-order valence-electron chi connectivity index (χ2n) is 5.72. The van der Waals surface area contributed by atoms with E-state index in [9.17, 15) is 22.4 Å². The second-order valence-corrected chi connectivity index (χ2v) is 8.24. The third-order valence-corrected chi connectivity index (χ3v) is 5.54. The van der Waals surface area contributed by atoms with Gasteiger partial charge in [0.05, 0.1) is 22.1 Å². The summed E-state index contributed by atoms with van der Waals surface area (Å²) in [5.41, 5.74) is 1.16. The first-order valence-corrected chi connectivity index (χ1v) is 9.90. The van der Waals surface area contributed by atoms with Crippen LogP contribution in [0.15, 0.2) is 47.4 Å². The predicted octanol–water partition coefficient (Wildman–Crippen LogP) is 3.13. The number of rotatable bonds is 7. The van der Waals surface area contributed by atoms with E-state index in [4.69, 9.17) is 16.3 Å². The maximum Gasteiger partial charge on any atom is 0.307 e. The molecule has 0 atom stereocenters. The third kappa shape index (κ3) is 6.33. The quantitative estimate of drug-likeness (QED) is 0.704. The van der Waals surface area contributed by atoms with Crippen LogP contribution in [0, 0.1) is 12.7 Å². The van der Waals surface area contributed by atoms with Gasteiger partial charge in [0.2, 0.25) is 0 Å². The van der Waals surface area contributed by atoms with E-state index in [1.807, 2.05) is 6.92 Å². The van der Waals surface area contributed by atoms with Crippen LogP contribution in [0.5, 0.6) is 0 Å². The summed E-state index contributed by atoms with van der Waals surface area (Å²) in [5.74, 6) is -2.54. The molecule has 0 aliphatic heterocycles. The first-order chi connectivity index (χ1) is 12.7. The molecule has 0 aromatic heterocycles. The first-order valence-electron chi connectivity index (χ1n) is 7.87. The average molecular weight is 414 g/mol. The van der Waals surface area contributed by atoms with E-state index in [0.717, 1.165) is 11.6 Å². The highest BCUT2D eigenvalue weighted by atomic mass is 35.5. The van der Waals surface area contributed by atoms with Gasteiger partial charge in [0.1, 0.15) is 5.82 Å². The lowest BCUT2D eigenvalue weighted by Crippen LogP contribution is -2.22. The third-order valence-electron chi connectivity index (χ3n) is 3.52. The molecule has 0 fully saturated rings. The van der Waals surface area contributed by atoms with E-state index in [0.29, 0.717) is 0 Å². The Morgan fingerprint density at radius 3 is 2.44 bits per heavy atom. The minimum Gasteiger partial charge on any atom is -0.456 e. The minimum absolute atomic E-state index is 0.117. The molecule has 1 amide bonds. The molecule has 0 unspecified atom stereocenters. The Hall–Kier alpha value is -2.45. The largest absolute Gasteiger partial charge is 0.456 e. The molecule has 0 radical (unpaired) electrons. The van der Waals surface area contributed by atoms with Crippen molar-refractivity contribution in [1.82, 2.24) is 0 Å². The van der Waals surface area contributed by atoms with Crippen molar-refractivity contribution in [1.29, 1.82) is 0 Å². The summed E-state index contributed by atoms with van der Waals surface area (Å²) in [6.07, 6.45) is -0.383. The topological polar surface area (TPSA) is 89.5 Å². The van der Waals surface area contributed by atoms with Gasteiger partial charge in [-0.3, -0.25) is 9.59 Å². The number of carbonyl (C=O) groups is 2. The van der Waals surface area contributed by atoms with Crippen molar-refractivity contribution in [2.75, 3.05) is 17.7 Å². The van der Waals surface area contributed by atoms with Crippen LogP contribution in [0.25, 0.3) is 0 Å². The number of nitrogens with one attached hydrogen (secondary N) is 1. The van der Waals surface area contributed by atoms with Gasteiger partial charge in [-0.2, -0.15) is 0 Å². The Morgan fingerprint density at radius 2 is 1.81 bits per heavy atom. The zero-order chi connectivity index (χ0) is 20.0. The van der Waals surface area contributed by atoms with Crippen molar-refractivity contribution in [2.45, 2.75) is 18.2 Å². The van der Waals surface area contributed by atoms with Crippen molar-refractivity contribution in [3.8, 4) is 0 Å². The molecule has 0 heterocycles. The zero-order valence-corrected chi connectivity index (χ0v) is 15.9. The number of esters is 1. The fraction of sp³-hybridized carbons (Fsp3) is 0.222. The molecule has 0 saturated carbocycles. The van der Waals surface area contributed by atoms with Gasteiger partial charge in [-0.25, -0.2) is 12.8 Å². The highest BCUT2D eigenvalue weighted by molar-refractivity contribution is 7.91. The first kappa shape index (κ1) is 20.9. The molecule has 0 spiro atoms. The van der Waals surface area contributed by atoms with Gasteiger partial charge in [-0.15, -0.1) is 0 Å². The highest BCUT2D eigenvalue weighted by Crippen LogP contribution is 2.19. The zero-order valence-electron chi connectivity index (χ0n) is 14.4. The Kier molecular flexibility index (Phi) is 6.92. The summed E-state index contributed by atoms with van der Waals surface area (Å²) in [6, 6.07) is 9.86. The monoisotopic (exact) mass is 413 g/mol. The average Bonchev–Trinajstić information content (AvgIpc) is 2.62. The molecule has 0 bridgehead atoms. The van der Waals surface area contributed by atoms with Crippen LogP contribution in [0.3, 0.4) is 0 Å². The van der Waals surface area contributed by atoms with Crippen molar-refractivity contribution >= 4 is 39.0 Å². The molecule has 6 nitrogen and oxygen atoms in total. The summed E-state index contributed by atoms with van der Waals surface area (Å²) in [4.78, 5) is 23.5. The number of anilines is 1. The number of aryl methyl sites for hydroxylation is 1. The van der Waals surface area contributed by atoms with E-state index < -0.39 is 39.9 Å². The number of carbonyl (C=O) groups excluding carboxylic acids is 2. The Balaban J connectivity index is 1.80. The number of hydrogen-bond acceptors (Lipinski definition) is 5. The van der Waals surface area contributed by atoms with E-state index in [-0.39, 0.29) is 22.0 Å². The van der Waals surface area contributed by atoms with Crippen LogP contribution < -0.4 is 5.32 Å². The van der Waals surface area contributed by atoms with E-state index in [1.54, 1.807) is 12.1 Å². The molecule has 1 N–H and O–H groups in total. The molecule has 27 heavy (non-hydrogen) atoms. The van der Waals surface area contributed by atoms with Gasteiger partial charge >= 0.3 is 5.97 Å². The van der Waals surface area contributed by atoms with E-state index >= 15 is 0 Å². The van der Waals surface area contributed by atoms with Crippen LogP contribution in [-0.4, -0.2) is 32.7 Å². The summed E-state index contributed by atoms with van der Waals surface area (Å²) in [5, 5.41) is 2.22. The maximum atomic E-state index is 13.1. The van der Waals surface area contributed by atoms with Crippen LogP contribution in [0.1, 0.15) is 12.0 Å². The summed E-state index contributed by atoms with van der Waals surface area (Å²) in [6.45, 7) is 1.23. The highest BCUT2D eigenvalue weighted by Gasteiger charge is 2.17. The molecule has 0 aliphatic carbocycles.